The van der Waals surface area contributed by atoms with Crippen LogP contribution >= 0.6 is 11.6 Å². The number of hydrogen-bond acceptors (Lipinski definition) is 2. The van der Waals surface area contributed by atoms with Gasteiger partial charge in [-0.1, -0.05) is 17.7 Å². The first kappa shape index (κ1) is 13.8. The van der Waals surface area contributed by atoms with E-state index in [2.05, 4.69) is 12.2 Å². The number of benzene rings is 1. The normalized spacial score (nSPS) is 25.3. The predicted molar refractivity (Wildman–Crippen MR) is 71.6 cm³/mol. The summed E-state index contributed by atoms with van der Waals surface area (Å²) >= 11 is 5.81. The van der Waals surface area contributed by atoms with E-state index in [1.807, 2.05) is 7.05 Å². The number of rotatable bonds is 4. The van der Waals surface area contributed by atoms with E-state index in [4.69, 9.17) is 16.3 Å². The molecule has 18 heavy (non-hydrogen) atoms. The first-order chi connectivity index (χ1) is 8.55. The number of hydrogen-bond donors (Lipinski definition) is 1. The predicted octanol–water partition coefficient (Wildman–Crippen LogP) is 3.18. The Labute approximate surface area is 112 Å². The van der Waals surface area contributed by atoms with E-state index in [-0.39, 0.29) is 22.5 Å². The van der Waals surface area contributed by atoms with Crippen LogP contribution in [0.5, 0.6) is 0 Å². The molecule has 0 saturated carbocycles. The van der Waals surface area contributed by atoms with Crippen molar-refractivity contribution in [2.75, 3.05) is 13.7 Å². The van der Waals surface area contributed by atoms with Crippen molar-refractivity contribution in [2.45, 2.75) is 37.8 Å². The molecule has 2 rings (SSSR count). The fraction of sp³-hybridized carbons (Fsp3) is 0.571. The van der Waals surface area contributed by atoms with Gasteiger partial charge in [0, 0.05) is 12.6 Å². The molecule has 1 saturated heterocycles. The molecule has 1 aliphatic heterocycles. The zero-order chi connectivity index (χ0) is 13.2. The van der Waals surface area contributed by atoms with Gasteiger partial charge in [-0.05, 0) is 50.9 Å². The van der Waals surface area contributed by atoms with Gasteiger partial charge in [-0.3, -0.25) is 0 Å². The molecule has 0 bridgehead atoms. The van der Waals surface area contributed by atoms with E-state index >= 15 is 0 Å². The standard InChI is InChI=1S/C14H19ClFNO/c1-14(6-3-7-18-14)13(17-2)9-10-4-5-12(16)11(15)8-10/h4-5,8,13,17H,3,6-7,9H2,1-2H3. The van der Waals surface area contributed by atoms with Crippen LogP contribution in [-0.2, 0) is 11.2 Å². The van der Waals surface area contributed by atoms with Crippen molar-refractivity contribution in [2.24, 2.45) is 0 Å². The topological polar surface area (TPSA) is 21.3 Å². The molecule has 4 heteroatoms. The maximum absolute atomic E-state index is 13.1. The van der Waals surface area contributed by atoms with Crippen LogP contribution in [0, 0.1) is 5.82 Å². The first-order valence-electron chi connectivity index (χ1n) is 6.30. The van der Waals surface area contributed by atoms with Crippen molar-refractivity contribution < 1.29 is 9.13 Å². The average molecular weight is 272 g/mol. The molecule has 0 radical (unpaired) electrons. The molecule has 1 aliphatic rings. The summed E-state index contributed by atoms with van der Waals surface area (Å²) in [5.74, 6) is -0.371. The molecule has 100 valence electrons. The van der Waals surface area contributed by atoms with E-state index in [1.54, 1.807) is 12.1 Å². The Bertz CT molecular complexity index is 418. The summed E-state index contributed by atoms with van der Waals surface area (Å²) in [6.45, 7) is 2.95. The second kappa shape index (κ2) is 5.55. The number of nitrogens with one attached hydrogen (secondary N) is 1. The summed E-state index contributed by atoms with van der Waals surface area (Å²) in [4.78, 5) is 0. The van der Waals surface area contributed by atoms with Crippen LogP contribution in [0.4, 0.5) is 4.39 Å². The summed E-state index contributed by atoms with van der Waals surface area (Å²) in [5.41, 5.74) is 0.882. The molecule has 1 aromatic carbocycles. The maximum atomic E-state index is 13.1. The van der Waals surface area contributed by atoms with E-state index in [9.17, 15) is 4.39 Å². The van der Waals surface area contributed by atoms with Crippen molar-refractivity contribution in [3.8, 4) is 0 Å². The molecule has 0 aromatic heterocycles. The molecule has 1 N–H and O–H groups in total. The third-order valence-electron chi connectivity index (χ3n) is 3.76. The maximum Gasteiger partial charge on any atom is 0.141 e. The Balaban J connectivity index is 2.12. The third kappa shape index (κ3) is 2.85. The molecule has 1 fully saturated rings. The fourth-order valence-electron chi connectivity index (χ4n) is 2.60. The smallest absolute Gasteiger partial charge is 0.141 e. The highest BCUT2D eigenvalue weighted by atomic mass is 35.5. The highest BCUT2D eigenvalue weighted by Crippen LogP contribution is 2.30. The van der Waals surface area contributed by atoms with Gasteiger partial charge in [-0.2, -0.15) is 0 Å². The Morgan fingerprint density at radius 3 is 2.89 bits per heavy atom. The van der Waals surface area contributed by atoms with Gasteiger partial charge in [0.15, 0.2) is 0 Å². The minimum Gasteiger partial charge on any atom is -0.374 e. The van der Waals surface area contributed by atoms with Crippen molar-refractivity contribution in [3.05, 3.63) is 34.6 Å². The second-order valence-corrected chi connectivity index (χ2v) is 5.47. The third-order valence-corrected chi connectivity index (χ3v) is 4.05. The lowest BCUT2D eigenvalue weighted by atomic mass is 9.88. The van der Waals surface area contributed by atoms with Gasteiger partial charge >= 0.3 is 0 Å². The Hall–Kier alpha value is -0.640. The lowest BCUT2D eigenvalue weighted by molar-refractivity contribution is -0.00943. The van der Waals surface area contributed by atoms with Crippen LogP contribution in [-0.4, -0.2) is 25.3 Å². The van der Waals surface area contributed by atoms with Crippen LogP contribution < -0.4 is 5.32 Å². The zero-order valence-corrected chi connectivity index (χ0v) is 11.6. The van der Waals surface area contributed by atoms with Crippen LogP contribution in [0.25, 0.3) is 0 Å². The van der Waals surface area contributed by atoms with Gasteiger partial charge in [-0.15, -0.1) is 0 Å². The average Bonchev–Trinajstić information content (AvgIpc) is 2.78. The van der Waals surface area contributed by atoms with Crippen LogP contribution in [0.2, 0.25) is 5.02 Å². The lowest BCUT2D eigenvalue weighted by Gasteiger charge is -2.33. The second-order valence-electron chi connectivity index (χ2n) is 5.06. The molecule has 0 amide bonds. The van der Waals surface area contributed by atoms with Gasteiger partial charge in [0.2, 0.25) is 0 Å². The fourth-order valence-corrected chi connectivity index (χ4v) is 2.80. The van der Waals surface area contributed by atoms with E-state index in [0.29, 0.717) is 0 Å². The van der Waals surface area contributed by atoms with E-state index < -0.39 is 0 Å². The summed E-state index contributed by atoms with van der Waals surface area (Å²) in [6, 6.07) is 5.10. The number of halogens is 2. The van der Waals surface area contributed by atoms with Crippen molar-refractivity contribution in [1.29, 1.82) is 0 Å². The van der Waals surface area contributed by atoms with Crippen molar-refractivity contribution in [3.63, 3.8) is 0 Å². The van der Waals surface area contributed by atoms with E-state index in [0.717, 1.165) is 31.4 Å². The van der Waals surface area contributed by atoms with Gasteiger partial charge in [0.25, 0.3) is 0 Å². The SMILES string of the molecule is CNC(Cc1ccc(F)c(Cl)c1)C1(C)CCCO1. The minimum absolute atomic E-state index is 0.143. The van der Waals surface area contributed by atoms with Gasteiger partial charge in [0.05, 0.1) is 10.6 Å². The van der Waals surface area contributed by atoms with Gasteiger partial charge in [-0.25, -0.2) is 4.39 Å². The summed E-state index contributed by atoms with van der Waals surface area (Å²) < 4.78 is 19.0. The molecular weight excluding hydrogens is 253 g/mol. The quantitative estimate of drug-likeness (QED) is 0.908. The minimum atomic E-state index is -0.371. The molecular formula is C14H19ClFNO. The first-order valence-corrected chi connectivity index (χ1v) is 6.68. The molecule has 0 spiro atoms. The number of likely N-dealkylation sites (N-methyl/N-ethyl adjacent to an activating group) is 1. The molecule has 1 aromatic rings. The van der Waals surface area contributed by atoms with Crippen molar-refractivity contribution >= 4 is 11.6 Å². The van der Waals surface area contributed by atoms with Crippen molar-refractivity contribution in [1.82, 2.24) is 5.32 Å². The Kier molecular flexibility index (Phi) is 4.25. The molecule has 0 aliphatic carbocycles. The monoisotopic (exact) mass is 271 g/mol. The summed E-state index contributed by atoms with van der Waals surface area (Å²) in [6.07, 6.45) is 2.93. The van der Waals surface area contributed by atoms with E-state index in [1.165, 1.54) is 6.07 Å². The summed E-state index contributed by atoms with van der Waals surface area (Å²) in [7, 11) is 1.93. The Morgan fingerprint density at radius 2 is 2.33 bits per heavy atom. The zero-order valence-electron chi connectivity index (χ0n) is 10.8. The lowest BCUT2D eigenvalue weighted by Crippen LogP contribution is -2.48. The number of ether oxygens (including phenoxy) is 1. The molecule has 2 unspecified atom stereocenters. The highest BCUT2D eigenvalue weighted by Gasteiger charge is 2.37. The molecule has 2 atom stereocenters. The van der Waals surface area contributed by atoms with Gasteiger partial charge < -0.3 is 10.1 Å². The van der Waals surface area contributed by atoms with Crippen LogP contribution in [0.15, 0.2) is 18.2 Å². The largest absolute Gasteiger partial charge is 0.374 e. The summed E-state index contributed by atoms with van der Waals surface area (Å²) in [5, 5.41) is 3.49. The highest BCUT2D eigenvalue weighted by molar-refractivity contribution is 6.30. The molecule has 2 nitrogen and oxygen atoms in total. The van der Waals surface area contributed by atoms with Crippen LogP contribution in [0.1, 0.15) is 25.3 Å². The van der Waals surface area contributed by atoms with Gasteiger partial charge in [0.1, 0.15) is 5.82 Å². The molecule has 1 heterocycles. The Morgan fingerprint density at radius 1 is 1.56 bits per heavy atom. The van der Waals surface area contributed by atoms with Crippen LogP contribution in [0.3, 0.4) is 0 Å².